The molecule has 0 aliphatic heterocycles. The second-order valence-corrected chi connectivity index (χ2v) is 5.86. The fourth-order valence-electron chi connectivity index (χ4n) is 3.14. The Balaban J connectivity index is 2.67. The van der Waals surface area contributed by atoms with E-state index in [0.717, 1.165) is 32.4 Å². The molecule has 0 aromatic heterocycles. The summed E-state index contributed by atoms with van der Waals surface area (Å²) in [6.45, 7) is 10.4. The minimum atomic E-state index is -0.662. The molecule has 1 saturated carbocycles. The van der Waals surface area contributed by atoms with Gasteiger partial charge in [0.1, 0.15) is 0 Å². The van der Waals surface area contributed by atoms with E-state index < -0.39 is 5.97 Å². The number of rotatable bonds is 10. The maximum absolute atomic E-state index is 11.5. The Hall–Kier alpha value is -0.650. The van der Waals surface area contributed by atoms with Crippen LogP contribution in [0.4, 0.5) is 0 Å². The Kier molecular flexibility index (Phi) is 8.88. The van der Waals surface area contributed by atoms with Gasteiger partial charge in [-0.3, -0.25) is 9.69 Å². The predicted molar refractivity (Wildman–Crippen MR) is 82.5 cm³/mol. The van der Waals surface area contributed by atoms with Gasteiger partial charge in [-0.25, -0.2) is 0 Å². The predicted octanol–water partition coefficient (Wildman–Crippen LogP) is 2.25. The standard InChI is InChI=1S/C16H31NO4/c1-4-20-10-8-17(9-11-21-5-2)15-12-13(3)6-7-14(15)16(18)19/h13-15H,4-12H2,1-3H3,(H,18,19). The maximum atomic E-state index is 11.5. The maximum Gasteiger partial charge on any atom is 0.308 e. The van der Waals surface area contributed by atoms with Crippen LogP contribution >= 0.6 is 0 Å². The quantitative estimate of drug-likeness (QED) is 0.627. The molecule has 1 aliphatic rings. The molecular formula is C16H31NO4. The van der Waals surface area contributed by atoms with Crippen molar-refractivity contribution in [2.24, 2.45) is 11.8 Å². The summed E-state index contributed by atoms with van der Waals surface area (Å²) in [7, 11) is 0. The van der Waals surface area contributed by atoms with Gasteiger partial charge in [0.05, 0.1) is 19.1 Å². The second kappa shape index (κ2) is 10.1. The molecule has 21 heavy (non-hydrogen) atoms. The Labute approximate surface area is 128 Å². The number of hydrogen-bond donors (Lipinski definition) is 1. The molecule has 0 spiro atoms. The van der Waals surface area contributed by atoms with Gasteiger partial charge in [-0.05, 0) is 39.0 Å². The minimum Gasteiger partial charge on any atom is -0.481 e. The van der Waals surface area contributed by atoms with Crippen molar-refractivity contribution in [1.29, 1.82) is 0 Å². The van der Waals surface area contributed by atoms with Crippen LogP contribution < -0.4 is 0 Å². The van der Waals surface area contributed by atoms with E-state index in [0.29, 0.717) is 32.3 Å². The Morgan fingerprint density at radius 1 is 1.14 bits per heavy atom. The molecule has 0 aromatic rings. The van der Waals surface area contributed by atoms with Crippen LogP contribution in [0.5, 0.6) is 0 Å². The fourth-order valence-corrected chi connectivity index (χ4v) is 3.14. The van der Waals surface area contributed by atoms with Gasteiger partial charge in [0.2, 0.25) is 0 Å². The van der Waals surface area contributed by atoms with Crippen LogP contribution in [-0.4, -0.2) is 61.5 Å². The lowest BCUT2D eigenvalue weighted by Gasteiger charge is -2.40. The van der Waals surface area contributed by atoms with Crippen LogP contribution in [0, 0.1) is 11.8 Å². The van der Waals surface area contributed by atoms with Gasteiger partial charge < -0.3 is 14.6 Å². The summed E-state index contributed by atoms with van der Waals surface area (Å²) >= 11 is 0. The van der Waals surface area contributed by atoms with E-state index in [2.05, 4.69) is 11.8 Å². The van der Waals surface area contributed by atoms with Crippen molar-refractivity contribution in [3.63, 3.8) is 0 Å². The van der Waals surface area contributed by atoms with Crippen molar-refractivity contribution in [2.75, 3.05) is 39.5 Å². The van der Waals surface area contributed by atoms with Crippen molar-refractivity contribution in [3.8, 4) is 0 Å². The summed E-state index contributed by atoms with van der Waals surface area (Å²) in [4.78, 5) is 13.8. The van der Waals surface area contributed by atoms with Crippen LogP contribution in [-0.2, 0) is 14.3 Å². The topological polar surface area (TPSA) is 59.0 Å². The first-order valence-electron chi connectivity index (χ1n) is 8.22. The van der Waals surface area contributed by atoms with Crippen molar-refractivity contribution < 1.29 is 19.4 Å². The molecule has 124 valence electrons. The monoisotopic (exact) mass is 301 g/mol. The van der Waals surface area contributed by atoms with E-state index in [4.69, 9.17) is 9.47 Å². The molecule has 0 amide bonds. The van der Waals surface area contributed by atoms with Gasteiger partial charge in [-0.2, -0.15) is 0 Å². The van der Waals surface area contributed by atoms with Crippen molar-refractivity contribution in [3.05, 3.63) is 0 Å². The molecule has 0 aromatic carbocycles. The summed E-state index contributed by atoms with van der Waals surface area (Å²) in [5, 5.41) is 9.50. The molecular weight excluding hydrogens is 270 g/mol. The summed E-state index contributed by atoms with van der Waals surface area (Å²) in [6.07, 6.45) is 2.74. The first kappa shape index (κ1) is 18.4. The zero-order valence-electron chi connectivity index (χ0n) is 13.7. The van der Waals surface area contributed by atoms with Gasteiger partial charge in [0, 0.05) is 32.3 Å². The molecule has 1 aliphatic carbocycles. The average Bonchev–Trinajstić information content (AvgIpc) is 2.45. The fraction of sp³-hybridized carbons (Fsp3) is 0.938. The SMILES string of the molecule is CCOCCN(CCOCC)C1CC(C)CCC1C(=O)O. The lowest BCUT2D eigenvalue weighted by molar-refractivity contribution is -0.146. The third-order valence-electron chi connectivity index (χ3n) is 4.32. The van der Waals surface area contributed by atoms with Crippen molar-refractivity contribution in [1.82, 2.24) is 4.90 Å². The van der Waals surface area contributed by atoms with Crippen LogP contribution in [0.1, 0.15) is 40.0 Å². The number of hydrogen-bond acceptors (Lipinski definition) is 4. The van der Waals surface area contributed by atoms with Crippen molar-refractivity contribution in [2.45, 2.75) is 46.1 Å². The number of aliphatic carboxylic acids is 1. The van der Waals surface area contributed by atoms with Gasteiger partial charge >= 0.3 is 5.97 Å². The minimum absolute atomic E-state index is 0.104. The van der Waals surface area contributed by atoms with Crippen LogP contribution in [0.2, 0.25) is 0 Å². The third kappa shape index (κ3) is 6.32. The summed E-state index contributed by atoms with van der Waals surface area (Å²) in [5.74, 6) is -0.332. The zero-order chi connectivity index (χ0) is 15.7. The Morgan fingerprint density at radius 2 is 1.71 bits per heavy atom. The van der Waals surface area contributed by atoms with E-state index in [-0.39, 0.29) is 12.0 Å². The van der Waals surface area contributed by atoms with E-state index >= 15 is 0 Å². The lowest BCUT2D eigenvalue weighted by atomic mass is 9.78. The van der Waals surface area contributed by atoms with E-state index in [9.17, 15) is 9.90 Å². The van der Waals surface area contributed by atoms with Gasteiger partial charge in [0.25, 0.3) is 0 Å². The average molecular weight is 301 g/mol. The third-order valence-corrected chi connectivity index (χ3v) is 4.32. The van der Waals surface area contributed by atoms with Gasteiger partial charge in [0.15, 0.2) is 0 Å². The number of carbonyl (C=O) groups is 1. The largest absolute Gasteiger partial charge is 0.481 e. The highest BCUT2D eigenvalue weighted by molar-refractivity contribution is 5.71. The molecule has 0 heterocycles. The van der Waals surface area contributed by atoms with E-state index in [1.807, 2.05) is 13.8 Å². The highest BCUT2D eigenvalue weighted by Crippen LogP contribution is 2.32. The first-order chi connectivity index (χ1) is 10.1. The molecule has 5 nitrogen and oxygen atoms in total. The number of ether oxygens (including phenoxy) is 2. The van der Waals surface area contributed by atoms with Gasteiger partial charge in [-0.1, -0.05) is 6.92 Å². The zero-order valence-corrected chi connectivity index (χ0v) is 13.7. The number of carboxylic acids is 1. The molecule has 1 N–H and O–H groups in total. The van der Waals surface area contributed by atoms with Crippen molar-refractivity contribution >= 4 is 5.97 Å². The van der Waals surface area contributed by atoms with Gasteiger partial charge in [-0.15, -0.1) is 0 Å². The molecule has 5 heteroatoms. The Bertz CT molecular complexity index is 288. The number of nitrogens with zero attached hydrogens (tertiary/aromatic N) is 1. The molecule has 1 rings (SSSR count). The van der Waals surface area contributed by atoms with Crippen LogP contribution in [0.3, 0.4) is 0 Å². The molecule has 0 bridgehead atoms. The molecule has 1 fully saturated rings. The molecule has 3 atom stereocenters. The first-order valence-corrected chi connectivity index (χ1v) is 8.22. The van der Waals surface area contributed by atoms with Crippen LogP contribution in [0.15, 0.2) is 0 Å². The summed E-state index contributed by atoms with van der Waals surface area (Å²) in [6, 6.07) is 0.104. The van der Waals surface area contributed by atoms with Crippen LogP contribution in [0.25, 0.3) is 0 Å². The lowest BCUT2D eigenvalue weighted by Crippen LogP contribution is -2.49. The summed E-state index contributed by atoms with van der Waals surface area (Å²) < 4.78 is 10.9. The Morgan fingerprint density at radius 3 is 2.19 bits per heavy atom. The second-order valence-electron chi connectivity index (χ2n) is 5.86. The van der Waals surface area contributed by atoms with E-state index in [1.165, 1.54) is 0 Å². The highest BCUT2D eigenvalue weighted by atomic mass is 16.5. The van der Waals surface area contributed by atoms with E-state index in [1.54, 1.807) is 0 Å². The smallest absolute Gasteiger partial charge is 0.308 e. The normalized spacial score (nSPS) is 26.2. The highest BCUT2D eigenvalue weighted by Gasteiger charge is 2.36. The molecule has 0 radical (unpaired) electrons. The summed E-state index contributed by atoms with van der Waals surface area (Å²) in [5.41, 5.74) is 0. The molecule has 3 unspecified atom stereocenters. The molecule has 0 saturated heterocycles. The number of carboxylic acid groups (broad SMARTS) is 1.